The van der Waals surface area contributed by atoms with Gasteiger partial charge >= 0.3 is 22.6 Å². The summed E-state index contributed by atoms with van der Waals surface area (Å²) in [6.07, 6.45) is 0. The summed E-state index contributed by atoms with van der Waals surface area (Å²) in [6, 6.07) is 21.3. The Morgan fingerprint density at radius 1 is 0.636 bits per heavy atom. The Hall–Kier alpha value is -1.81. The van der Waals surface area contributed by atoms with Crippen LogP contribution in [0.3, 0.4) is 0 Å². The Morgan fingerprint density at radius 3 is 1.41 bits per heavy atom. The third-order valence-corrected chi connectivity index (χ3v) is 4.22. The molecule has 0 aliphatic carbocycles. The summed E-state index contributed by atoms with van der Waals surface area (Å²) in [4.78, 5) is 0. The van der Waals surface area contributed by atoms with Crippen LogP contribution < -0.4 is 9.44 Å². The molecule has 3 nitrogen and oxygen atoms in total. The van der Waals surface area contributed by atoms with Gasteiger partial charge in [0.05, 0.1) is 0 Å². The van der Waals surface area contributed by atoms with E-state index in [2.05, 4.69) is 95.6 Å². The predicted octanol–water partition coefficient (Wildman–Crippen LogP) is 1.91. The summed E-state index contributed by atoms with van der Waals surface area (Å²) in [6.45, 7) is 6.85. The summed E-state index contributed by atoms with van der Waals surface area (Å²) in [5, 5.41) is 0. The van der Waals surface area contributed by atoms with Crippen LogP contribution in [0.2, 0.25) is 0 Å². The quantitative estimate of drug-likeness (QED) is 0.782. The first-order valence-electron chi connectivity index (χ1n) is 7.89. The molecule has 0 radical (unpaired) electrons. The molecule has 0 amide bonds. The highest BCUT2D eigenvalue weighted by molar-refractivity contribution is 6.80. The Kier molecular flexibility index (Phi) is 4.21. The summed E-state index contributed by atoms with van der Waals surface area (Å²) < 4.78 is 7.38. The molecule has 110 valence electrons. The van der Waals surface area contributed by atoms with Gasteiger partial charge in [-0.1, -0.05) is 36.4 Å². The van der Waals surface area contributed by atoms with E-state index in [-0.39, 0.29) is 5.54 Å². The average Bonchev–Trinajstić information content (AvgIpc) is 2.55. The van der Waals surface area contributed by atoms with Gasteiger partial charge in [-0.25, -0.2) is 0 Å². The van der Waals surface area contributed by atoms with Crippen LogP contribution in [0.5, 0.6) is 0 Å². The third-order valence-electron chi connectivity index (χ3n) is 4.22. The van der Waals surface area contributed by atoms with E-state index in [4.69, 9.17) is 0 Å². The molecule has 6 heteroatoms. The molecule has 1 aliphatic heterocycles. The van der Waals surface area contributed by atoms with Gasteiger partial charge in [0, 0.05) is 11.4 Å². The van der Waals surface area contributed by atoms with Crippen LogP contribution in [-0.2, 0) is 0 Å². The molecule has 1 saturated heterocycles. The second-order valence-corrected chi connectivity index (χ2v) is 6.89. The minimum Gasteiger partial charge on any atom is -0.436 e. The van der Waals surface area contributed by atoms with Gasteiger partial charge in [-0.05, 0) is 50.6 Å². The number of nitrogens with zero attached hydrogens (tertiary/aromatic N) is 3. The zero-order chi connectivity index (χ0) is 15.6. The van der Waals surface area contributed by atoms with E-state index in [9.17, 15) is 0 Å². The zero-order valence-electron chi connectivity index (χ0n) is 13.7. The van der Waals surface area contributed by atoms with Crippen LogP contribution in [0.15, 0.2) is 60.7 Å². The second-order valence-electron chi connectivity index (χ2n) is 6.89. The fourth-order valence-electron chi connectivity index (χ4n) is 2.78. The summed E-state index contributed by atoms with van der Waals surface area (Å²) in [5.74, 6) is 0. The first-order chi connectivity index (χ1) is 10.5. The Labute approximate surface area is 135 Å². The van der Waals surface area contributed by atoms with E-state index >= 15 is 0 Å². The topological polar surface area (TPSA) is 9.72 Å². The number of hydrogen-bond donors (Lipinski definition) is 0. The van der Waals surface area contributed by atoms with Gasteiger partial charge in [0.15, 0.2) is 0 Å². The van der Waals surface area contributed by atoms with Crippen molar-refractivity contribution in [1.29, 1.82) is 0 Å². The smallest absolute Gasteiger partial charge is 0.332 e. The molecule has 0 N–H and O–H groups in total. The van der Waals surface area contributed by atoms with Crippen molar-refractivity contribution in [1.82, 2.24) is 4.72 Å². The monoisotopic (exact) mass is 289 g/mol. The minimum atomic E-state index is 0.139. The Morgan fingerprint density at radius 2 is 1.05 bits per heavy atom. The van der Waals surface area contributed by atoms with Crippen molar-refractivity contribution in [3.05, 3.63) is 60.7 Å². The van der Waals surface area contributed by atoms with Crippen molar-refractivity contribution >= 4 is 34.0 Å². The van der Waals surface area contributed by atoms with Gasteiger partial charge in [0.1, 0.15) is 0 Å². The maximum absolute atomic E-state index is 2.51. The number of hydrogen-bond acceptors (Lipinski definition) is 3. The predicted molar refractivity (Wildman–Crippen MR) is 101 cm³/mol. The lowest BCUT2D eigenvalue weighted by Gasteiger charge is -2.48. The molecule has 0 aromatic heterocycles. The van der Waals surface area contributed by atoms with E-state index in [0.29, 0.717) is 0 Å². The molecule has 0 spiro atoms. The molecule has 3 rings (SSSR count). The maximum Gasteiger partial charge on any atom is 0.332 e. The van der Waals surface area contributed by atoms with Crippen LogP contribution >= 0.6 is 0 Å². The molecule has 1 fully saturated rings. The van der Waals surface area contributed by atoms with E-state index < -0.39 is 0 Å². The van der Waals surface area contributed by atoms with Crippen LogP contribution in [-0.4, -0.2) is 32.9 Å². The molecular formula is C16H22B3N3. The van der Waals surface area contributed by atoms with Crippen molar-refractivity contribution in [2.75, 3.05) is 9.44 Å². The van der Waals surface area contributed by atoms with Gasteiger partial charge in [0.2, 0.25) is 0 Å². The molecule has 0 saturated carbocycles. The van der Waals surface area contributed by atoms with Crippen molar-refractivity contribution in [2.45, 2.75) is 26.3 Å². The first kappa shape index (κ1) is 15.1. The lowest BCUT2D eigenvalue weighted by atomic mass is 9.69. The lowest BCUT2D eigenvalue weighted by Crippen LogP contribution is -2.66. The molecule has 0 unspecified atom stereocenters. The first-order valence-corrected chi connectivity index (χ1v) is 7.89. The zero-order valence-corrected chi connectivity index (χ0v) is 13.7. The minimum absolute atomic E-state index is 0.139. The number of para-hydroxylation sites is 2. The fraction of sp³-hybridized carbons (Fsp3) is 0.250. The van der Waals surface area contributed by atoms with Crippen molar-refractivity contribution in [3.63, 3.8) is 0 Å². The standard InChI is InChI=1S/C16H22B3N3/c1-16(2,3)22-18-20(14-10-6-4-7-11-14)17-21(19-22)15-12-8-5-9-13-15/h4-13,17-19H,1-3H3. The van der Waals surface area contributed by atoms with Crippen LogP contribution in [0.4, 0.5) is 11.4 Å². The van der Waals surface area contributed by atoms with Crippen LogP contribution in [0.25, 0.3) is 0 Å². The van der Waals surface area contributed by atoms with Crippen molar-refractivity contribution < 1.29 is 0 Å². The van der Waals surface area contributed by atoms with E-state index in [0.717, 1.165) is 22.6 Å². The molecule has 0 atom stereocenters. The highest BCUT2D eigenvalue weighted by Crippen LogP contribution is 2.23. The summed E-state index contributed by atoms with van der Waals surface area (Å²) in [7, 11) is 2.83. The average molecular weight is 289 g/mol. The maximum atomic E-state index is 2.51. The van der Waals surface area contributed by atoms with E-state index in [1.807, 2.05) is 0 Å². The van der Waals surface area contributed by atoms with E-state index in [1.165, 1.54) is 11.4 Å². The molecule has 1 aliphatic rings. The largest absolute Gasteiger partial charge is 0.436 e. The molecule has 2 aromatic rings. The van der Waals surface area contributed by atoms with Crippen LogP contribution in [0, 0.1) is 0 Å². The summed E-state index contributed by atoms with van der Waals surface area (Å²) in [5.41, 5.74) is 2.69. The Balaban J connectivity index is 1.89. The molecule has 1 heterocycles. The molecular weight excluding hydrogens is 267 g/mol. The lowest BCUT2D eigenvalue weighted by molar-refractivity contribution is 0.374. The van der Waals surface area contributed by atoms with Gasteiger partial charge in [-0.15, -0.1) is 0 Å². The van der Waals surface area contributed by atoms with Crippen molar-refractivity contribution in [3.8, 4) is 0 Å². The van der Waals surface area contributed by atoms with Gasteiger partial charge in [-0.3, -0.25) is 0 Å². The van der Waals surface area contributed by atoms with Gasteiger partial charge in [0.25, 0.3) is 0 Å². The number of anilines is 2. The Bertz CT molecular complexity index is 554. The molecule has 2 aromatic carbocycles. The normalized spacial score (nSPS) is 15.8. The number of rotatable bonds is 2. The number of benzene rings is 2. The van der Waals surface area contributed by atoms with E-state index in [1.54, 1.807) is 0 Å². The molecule has 22 heavy (non-hydrogen) atoms. The third kappa shape index (κ3) is 3.33. The van der Waals surface area contributed by atoms with Gasteiger partial charge < -0.3 is 14.2 Å². The highest BCUT2D eigenvalue weighted by atomic mass is 15.3. The summed E-state index contributed by atoms with van der Waals surface area (Å²) >= 11 is 0. The highest BCUT2D eigenvalue weighted by Gasteiger charge is 2.34. The van der Waals surface area contributed by atoms with Crippen LogP contribution in [0.1, 0.15) is 20.8 Å². The second kappa shape index (κ2) is 6.13. The fourth-order valence-corrected chi connectivity index (χ4v) is 2.78. The van der Waals surface area contributed by atoms with Gasteiger partial charge in [-0.2, -0.15) is 0 Å². The molecule has 0 bridgehead atoms. The van der Waals surface area contributed by atoms with Crippen molar-refractivity contribution in [2.24, 2.45) is 0 Å². The SMILES string of the molecule is CC(C)(C)N1BN(c2ccccc2)BN(c2ccccc2)B1.